The Morgan fingerprint density at radius 1 is 1.41 bits per heavy atom. The van der Waals surface area contributed by atoms with Gasteiger partial charge in [-0.2, -0.15) is 0 Å². The summed E-state index contributed by atoms with van der Waals surface area (Å²) in [5.41, 5.74) is 2.33. The number of carbonyl (C=O) groups excluding carboxylic acids is 1. The predicted octanol–water partition coefficient (Wildman–Crippen LogP) is 0.0471. The van der Waals surface area contributed by atoms with E-state index in [2.05, 4.69) is 22.6 Å². The summed E-state index contributed by atoms with van der Waals surface area (Å²) in [6, 6.07) is 6.78. The summed E-state index contributed by atoms with van der Waals surface area (Å²) in [5, 5.41) is 0. The molecule has 17 heavy (non-hydrogen) atoms. The van der Waals surface area contributed by atoms with Gasteiger partial charge in [-0.3, -0.25) is 14.5 Å². The Hall–Kier alpha value is -0.870. The average Bonchev–Trinajstić information content (AvgIpc) is 2.25. The molecule has 1 aromatic rings. The van der Waals surface area contributed by atoms with Crippen molar-refractivity contribution in [2.45, 2.75) is 0 Å². The first-order valence-corrected chi connectivity index (χ1v) is 7.50. The molecule has 0 aliphatic rings. The maximum Gasteiger partial charge on any atom is 0.254 e. The van der Waals surface area contributed by atoms with Gasteiger partial charge in [-0.1, -0.05) is 0 Å². The molecule has 0 unspecified atom stereocenters. The molecular weight excluding hydrogens is 357 g/mol. The van der Waals surface area contributed by atoms with Crippen molar-refractivity contribution in [1.82, 2.24) is 5.43 Å². The van der Waals surface area contributed by atoms with Gasteiger partial charge in [-0.25, -0.2) is 14.3 Å². The zero-order valence-electron chi connectivity index (χ0n) is 9.05. The van der Waals surface area contributed by atoms with Gasteiger partial charge in [0.2, 0.25) is 10.0 Å². The van der Waals surface area contributed by atoms with Crippen LogP contribution in [0.25, 0.3) is 0 Å². The third-order valence-corrected chi connectivity index (χ3v) is 3.82. The van der Waals surface area contributed by atoms with Gasteiger partial charge < -0.3 is 0 Å². The highest BCUT2D eigenvalue weighted by atomic mass is 127. The molecule has 0 aromatic heterocycles. The van der Waals surface area contributed by atoms with E-state index >= 15 is 0 Å². The van der Waals surface area contributed by atoms with Crippen LogP contribution in [0.5, 0.6) is 0 Å². The van der Waals surface area contributed by atoms with Crippen molar-refractivity contribution in [3.8, 4) is 0 Å². The number of halogens is 1. The van der Waals surface area contributed by atoms with Crippen LogP contribution in [0.2, 0.25) is 0 Å². The molecule has 0 aliphatic carbocycles. The summed E-state index contributed by atoms with van der Waals surface area (Å²) in [4.78, 5) is 11.2. The molecule has 0 bridgehead atoms. The van der Waals surface area contributed by atoms with Crippen molar-refractivity contribution < 1.29 is 13.2 Å². The zero-order valence-corrected chi connectivity index (χ0v) is 12.0. The second kappa shape index (κ2) is 5.65. The SMILES string of the molecule is CS(=O)(=O)N(CC(=O)NN)c1ccc(I)cc1. The third kappa shape index (κ3) is 4.13. The number of hydrogen-bond acceptors (Lipinski definition) is 4. The number of rotatable bonds is 4. The van der Waals surface area contributed by atoms with E-state index in [0.717, 1.165) is 14.1 Å². The summed E-state index contributed by atoms with van der Waals surface area (Å²) in [7, 11) is -3.52. The van der Waals surface area contributed by atoms with Crippen LogP contribution in [0.4, 0.5) is 5.69 Å². The Balaban J connectivity index is 3.07. The molecule has 6 nitrogen and oxygen atoms in total. The van der Waals surface area contributed by atoms with Crippen molar-refractivity contribution in [1.29, 1.82) is 0 Å². The maximum absolute atomic E-state index is 11.6. The van der Waals surface area contributed by atoms with E-state index in [1.807, 2.05) is 5.43 Å². The van der Waals surface area contributed by atoms with Gasteiger partial charge in [0.15, 0.2) is 0 Å². The normalized spacial score (nSPS) is 11.0. The van der Waals surface area contributed by atoms with E-state index in [1.165, 1.54) is 0 Å². The van der Waals surface area contributed by atoms with Crippen molar-refractivity contribution in [3.63, 3.8) is 0 Å². The van der Waals surface area contributed by atoms with Crippen LogP contribution in [0.15, 0.2) is 24.3 Å². The largest absolute Gasteiger partial charge is 0.293 e. The van der Waals surface area contributed by atoms with Gasteiger partial charge in [0.1, 0.15) is 6.54 Å². The number of nitrogens with zero attached hydrogens (tertiary/aromatic N) is 1. The number of sulfonamides is 1. The minimum absolute atomic E-state index is 0.337. The van der Waals surface area contributed by atoms with Gasteiger partial charge in [0.05, 0.1) is 11.9 Å². The number of hydrogen-bond donors (Lipinski definition) is 2. The Bertz CT molecular complexity index is 501. The molecule has 94 valence electrons. The molecule has 0 radical (unpaired) electrons. The fraction of sp³-hybridized carbons (Fsp3) is 0.222. The lowest BCUT2D eigenvalue weighted by Crippen LogP contribution is -2.42. The summed E-state index contributed by atoms with van der Waals surface area (Å²) >= 11 is 2.11. The molecular formula is C9H12IN3O3S. The van der Waals surface area contributed by atoms with Crippen LogP contribution in [0.3, 0.4) is 0 Å². The molecule has 1 rings (SSSR count). The highest BCUT2D eigenvalue weighted by molar-refractivity contribution is 14.1. The number of nitrogens with one attached hydrogen (secondary N) is 1. The Labute approximate surface area is 113 Å². The molecule has 0 atom stereocenters. The number of amides is 1. The van der Waals surface area contributed by atoms with E-state index in [4.69, 9.17) is 5.84 Å². The van der Waals surface area contributed by atoms with Crippen molar-refractivity contribution in [2.75, 3.05) is 17.1 Å². The molecule has 0 aliphatic heterocycles. The minimum atomic E-state index is -3.52. The fourth-order valence-corrected chi connectivity index (χ4v) is 2.40. The molecule has 1 amide bonds. The van der Waals surface area contributed by atoms with Crippen LogP contribution in [0.1, 0.15) is 0 Å². The van der Waals surface area contributed by atoms with Crippen LogP contribution in [-0.4, -0.2) is 27.1 Å². The van der Waals surface area contributed by atoms with Gasteiger partial charge in [0, 0.05) is 3.57 Å². The molecule has 3 N–H and O–H groups in total. The summed E-state index contributed by atoms with van der Waals surface area (Å²) in [6.45, 7) is -0.337. The Morgan fingerprint density at radius 3 is 2.35 bits per heavy atom. The number of anilines is 1. The number of carbonyl (C=O) groups is 1. The van der Waals surface area contributed by atoms with Gasteiger partial charge in [-0.05, 0) is 46.9 Å². The molecule has 0 spiro atoms. The molecule has 1 aromatic carbocycles. The molecule has 8 heteroatoms. The van der Waals surface area contributed by atoms with Gasteiger partial charge in [0.25, 0.3) is 5.91 Å². The predicted molar refractivity (Wildman–Crippen MR) is 73.7 cm³/mol. The second-order valence-electron chi connectivity index (χ2n) is 3.31. The number of nitrogens with two attached hydrogens (primary N) is 1. The second-order valence-corrected chi connectivity index (χ2v) is 6.47. The lowest BCUT2D eigenvalue weighted by molar-refractivity contribution is -0.119. The highest BCUT2D eigenvalue weighted by Crippen LogP contribution is 2.18. The van der Waals surface area contributed by atoms with Crippen LogP contribution >= 0.6 is 22.6 Å². The first-order chi connectivity index (χ1) is 7.84. The Morgan fingerprint density at radius 2 is 1.94 bits per heavy atom. The lowest BCUT2D eigenvalue weighted by atomic mass is 10.3. The lowest BCUT2D eigenvalue weighted by Gasteiger charge is -2.21. The van der Waals surface area contributed by atoms with Crippen LogP contribution in [-0.2, 0) is 14.8 Å². The van der Waals surface area contributed by atoms with E-state index < -0.39 is 15.9 Å². The molecule has 0 fully saturated rings. The standard InChI is InChI=1S/C9H12IN3O3S/c1-17(15,16)13(6-9(14)12-11)8-4-2-7(10)3-5-8/h2-5H,6,11H2,1H3,(H,12,14). The smallest absolute Gasteiger partial charge is 0.254 e. The van der Waals surface area contributed by atoms with Crippen LogP contribution < -0.4 is 15.6 Å². The van der Waals surface area contributed by atoms with Gasteiger partial charge >= 0.3 is 0 Å². The quantitative estimate of drug-likeness (QED) is 0.340. The summed E-state index contributed by atoms with van der Waals surface area (Å²) < 4.78 is 25.1. The minimum Gasteiger partial charge on any atom is -0.293 e. The maximum atomic E-state index is 11.6. The van der Waals surface area contributed by atoms with Crippen molar-refractivity contribution in [3.05, 3.63) is 27.8 Å². The van der Waals surface area contributed by atoms with E-state index in [1.54, 1.807) is 24.3 Å². The van der Waals surface area contributed by atoms with Gasteiger partial charge in [-0.15, -0.1) is 0 Å². The average molecular weight is 369 g/mol. The molecule has 0 saturated heterocycles. The highest BCUT2D eigenvalue weighted by Gasteiger charge is 2.20. The van der Waals surface area contributed by atoms with E-state index in [0.29, 0.717) is 5.69 Å². The molecule has 0 saturated carbocycles. The van der Waals surface area contributed by atoms with E-state index in [-0.39, 0.29) is 6.54 Å². The monoisotopic (exact) mass is 369 g/mol. The fourth-order valence-electron chi connectivity index (χ4n) is 1.18. The first kappa shape index (κ1) is 14.2. The van der Waals surface area contributed by atoms with Crippen molar-refractivity contribution >= 4 is 44.2 Å². The summed E-state index contributed by atoms with van der Waals surface area (Å²) in [5.74, 6) is 4.37. The summed E-state index contributed by atoms with van der Waals surface area (Å²) in [6.07, 6.45) is 1.04. The van der Waals surface area contributed by atoms with Crippen LogP contribution in [0, 0.1) is 3.57 Å². The first-order valence-electron chi connectivity index (χ1n) is 4.57. The zero-order chi connectivity index (χ0) is 13.1. The van der Waals surface area contributed by atoms with E-state index in [9.17, 15) is 13.2 Å². The third-order valence-electron chi connectivity index (χ3n) is 1.96. The number of hydrazine groups is 1. The Kier molecular flexibility index (Phi) is 4.71. The number of benzene rings is 1. The van der Waals surface area contributed by atoms with Crippen molar-refractivity contribution in [2.24, 2.45) is 5.84 Å². The topological polar surface area (TPSA) is 92.5 Å². The molecule has 0 heterocycles.